The van der Waals surface area contributed by atoms with Crippen molar-refractivity contribution in [2.75, 3.05) is 20.2 Å². The van der Waals surface area contributed by atoms with Crippen molar-refractivity contribution in [2.24, 2.45) is 5.92 Å². The van der Waals surface area contributed by atoms with E-state index < -0.39 is 6.04 Å². The third-order valence-electron chi connectivity index (χ3n) is 6.48. The van der Waals surface area contributed by atoms with E-state index >= 15 is 0 Å². The van der Waals surface area contributed by atoms with Crippen LogP contribution in [0, 0.1) is 11.7 Å². The van der Waals surface area contributed by atoms with Crippen molar-refractivity contribution in [3.8, 4) is 5.75 Å². The number of ether oxygens (including phenoxy) is 1. The SMILES string of the molecule is COc1ccc2[nH]c(=O)c([C@@H](c3nnnn3Cc3ccc(F)cc3)N3CCC[C@H](C)C3)cc2c1. The molecule has 1 aliphatic rings. The molecule has 0 bridgehead atoms. The Labute approximate surface area is 196 Å². The van der Waals surface area contributed by atoms with Crippen molar-refractivity contribution < 1.29 is 9.13 Å². The largest absolute Gasteiger partial charge is 0.497 e. The first kappa shape index (κ1) is 22.2. The lowest BCUT2D eigenvalue weighted by Crippen LogP contribution is -2.41. The van der Waals surface area contributed by atoms with Crippen LogP contribution in [0.2, 0.25) is 0 Å². The Balaban J connectivity index is 1.62. The zero-order chi connectivity index (χ0) is 23.7. The fourth-order valence-electron chi connectivity index (χ4n) is 4.77. The Kier molecular flexibility index (Phi) is 6.10. The molecule has 1 saturated heterocycles. The van der Waals surface area contributed by atoms with Crippen molar-refractivity contribution >= 4 is 10.9 Å². The number of benzene rings is 2. The number of tetrazole rings is 1. The molecule has 0 saturated carbocycles. The van der Waals surface area contributed by atoms with Crippen molar-refractivity contribution in [1.82, 2.24) is 30.1 Å². The molecule has 5 rings (SSSR count). The molecule has 0 unspecified atom stereocenters. The Bertz CT molecular complexity index is 1350. The second-order valence-corrected chi connectivity index (χ2v) is 8.97. The summed E-state index contributed by atoms with van der Waals surface area (Å²) in [5.41, 5.74) is 2.03. The van der Waals surface area contributed by atoms with Crippen LogP contribution in [0.25, 0.3) is 10.9 Å². The van der Waals surface area contributed by atoms with Gasteiger partial charge in [0.15, 0.2) is 5.82 Å². The summed E-state index contributed by atoms with van der Waals surface area (Å²) < 4.78 is 20.5. The Morgan fingerprint density at radius 1 is 1.21 bits per heavy atom. The predicted octanol–water partition coefficient (Wildman–Crippen LogP) is 3.53. The smallest absolute Gasteiger partial charge is 0.253 e. The van der Waals surface area contributed by atoms with Gasteiger partial charge in [0.1, 0.15) is 17.6 Å². The normalized spacial score (nSPS) is 17.7. The highest BCUT2D eigenvalue weighted by molar-refractivity contribution is 5.80. The Hall–Kier alpha value is -3.59. The number of fused-ring (bicyclic) bond motifs is 1. The number of pyridine rings is 1. The number of nitrogens with zero attached hydrogens (tertiary/aromatic N) is 5. The molecule has 1 fully saturated rings. The van der Waals surface area contributed by atoms with Crippen LogP contribution in [0.4, 0.5) is 4.39 Å². The minimum atomic E-state index is -0.419. The van der Waals surface area contributed by atoms with Gasteiger partial charge in [0.05, 0.1) is 13.7 Å². The zero-order valence-electron chi connectivity index (χ0n) is 19.2. The van der Waals surface area contributed by atoms with Gasteiger partial charge in [-0.3, -0.25) is 9.69 Å². The first-order valence-corrected chi connectivity index (χ1v) is 11.5. The highest BCUT2D eigenvalue weighted by Crippen LogP contribution is 2.31. The van der Waals surface area contributed by atoms with Crippen LogP contribution in [0.15, 0.2) is 53.3 Å². The average molecular weight is 463 g/mol. The summed E-state index contributed by atoms with van der Waals surface area (Å²) in [5.74, 6) is 1.51. The van der Waals surface area contributed by atoms with Crippen LogP contribution >= 0.6 is 0 Å². The average Bonchev–Trinajstić information content (AvgIpc) is 3.28. The molecular weight excluding hydrogens is 435 g/mol. The van der Waals surface area contributed by atoms with Crippen LogP contribution in [-0.4, -0.2) is 50.3 Å². The first-order valence-electron chi connectivity index (χ1n) is 11.5. The number of nitrogens with one attached hydrogen (secondary N) is 1. The standard InChI is InChI=1S/C25H27FN6O2/c1-16-4-3-11-31(14-16)23(21-13-18-12-20(34-2)9-10-22(18)27-25(21)33)24-28-29-30-32(24)15-17-5-7-19(26)8-6-17/h5-10,12-13,16,23H,3-4,11,14-15H2,1-2H3,(H,27,33)/t16-,23-/m0/s1. The van der Waals surface area contributed by atoms with Gasteiger partial charge in [-0.2, -0.15) is 0 Å². The minimum absolute atomic E-state index is 0.169. The van der Waals surface area contributed by atoms with E-state index in [9.17, 15) is 9.18 Å². The molecule has 1 N–H and O–H groups in total. The highest BCUT2D eigenvalue weighted by atomic mass is 19.1. The number of H-pyrrole nitrogens is 1. The van der Waals surface area contributed by atoms with Gasteiger partial charge in [-0.25, -0.2) is 9.07 Å². The Morgan fingerprint density at radius 2 is 2.03 bits per heavy atom. The summed E-state index contributed by atoms with van der Waals surface area (Å²) in [6, 6.07) is 13.3. The predicted molar refractivity (Wildman–Crippen MR) is 126 cm³/mol. The number of hydrogen-bond donors (Lipinski definition) is 1. The maximum atomic E-state index is 13.4. The lowest BCUT2D eigenvalue weighted by molar-refractivity contribution is 0.141. The topological polar surface area (TPSA) is 88.9 Å². The number of likely N-dealkylation sites (tertiary alicyclic amines) is 1. The van der Waals surface area contributed by atoms with E-state index in [0.29, 0.717) is 23.9 Å². The van der Waals surface area contributed by atoms with E-state index in [2.05, 4.69) is 32.3 Å². The number of methoxy groups -OCH3 is 1. The van der Waals surface area contributed by atoms with Crippen molar-refractivity contribution in [2.45, 2.75) is 32.4 Å². The number of piperidine rings is 1. The number of aromatic nitrogens is 5. The molecule has 2 aromatic carbocycles. The quantitative estimate of drug-likeness (QED) is 0.472. The molecule has 8 nitrogen and oxygen atoms in total. The van der Waals surface area contributed by atoms with E-state index in [-0.39, 0.29) is 11.4 Å². The summed E-state index contributed by atoms with van der Waals surface area (Å²) >= 11 is 0. The molecular formula is C25H27FN6O2. The van der Waals surface area contributed by atoms with Gasteiger partial charge in [0.2, 0.25) is 0 Å². The molecule has 2 atom stereocenters. The van der Waals surface area contributed by atoms with E-state index in [4.69, 9.17) is 4.74 Å². The lowest BCUT2D eigenvalue weighted by Gasteiger charge is -2.36. The highest BCUT2D eigenvalue weighted by Gasteiger charge is 2.32. The minimum Gasteiger partial charge on any atom is -0.497 e. The maximum absolute atomic E-state index is 13.4. The van der Waals surface area contributed by atoms with Gasteiger partial charge in [-0.1, -0.05) is 19.1 Å². The van der Waals surface area contributed by atoms with Crippen molar-refractivity contribution in [3.63, 3.8) is 0 Å². The van der Waals surface area contributed by atoms with E-state index in [1.807, 2.05) is 24.3 Å². The lowest BCUT2D eigenvalue weighted by atomic mass is 9.95. The molecule has 1 aliphatic heterocycles. The summed E-state index contributed by atoms with van der Waals surface area (Å²) in [6.45, 7) is 4.28. The zero-order valence-corrected chi connectivity index (χ0v) is 19.2. The van der Waals surface area contributed by atoms with Gasteiger partial charge < -0.3 is 9.72 Å². The maximum Gasteiger partial charge on any atom is 0.253 e. The third kappa shape index (κ3) is 4.43. The van der Waals surface area contributed by atoms with Crippen LogP contribution < -0.4 is 10.3 Å². The molecule has 0 amide bonds. The fraction of sp³-hybridized carbons (Fsp3) is 0.360. The summed E-state index contributed by atoms with van der Waals surface area (Å²) in [4.78, 5) is 18.6. The molecule has 0 aliphatic carbocycles. The first-order chi connectivity index (χ1) is 16.5. The van der Waals surface area contributed by atoms with Gasteiger partial charge >= 0.3 is 0 Å². The number of aromatic amines is 1. The molecule has 4 aromatic rings. The molecule has 176 valence electrons. The van der Waals surface area contributed by atoms with Gasteiger partial charge in [0.25, 0.3) is 5.56 Å². The van der Waals surface area contributed by atoms with Gasteiger partial charge in [-0.15, -0.1) is 5.10 Å². The van der Waals surface area contributed by atoms with Crippen LogP contribution in [0.1, 0.15) is 42.8 Å². The third-order valence-corrected chi connectivity index (χ3v) is 6.48. The second kappa shape index (κ2) is 9.34. The second-order valence-electron chi connectivity index (χ2n) is 8.97. The monoisotopic (exact) mass is 462 g/mol. The van der Waals surface area contributed by atoms with E-state index in [1.165, 1.54) is 12.1 Å². The molecule has 3 heterocycles. The van der Waals surface area contributed by atoms with Crippen molar-refractivity contribution in [3.05, 3.63) is 81.7 Å². The molecule has 0 radical (unpaired) electrons. The fourth-order valence-corrected chi connectivity index (χ4v) is 4.77. The molecule has 2 aromatic heterocycles. The van der Waals surface area contributed by atoms with Crippen LogP contribution in [-0.2, 0) is 6.54 Å². The summed E-state index contributed by atoms with van der Waals surface area (Å²) in [6.07, 6.45) is 2.19. The molecule has 34 heavy (non-hydrogen) atoms. The van der Waals surface area contributed by atoms with Gasteiger partial charge in [0, 0.05) is 23.0 Å². The van der Waals surface area contributed by atoms with Crippen molar-refractivity contribution in [1.29, 1.82) is 0 Å². The van der Waals surface area contributed by atoms with Gasteiger partial charge in [-0.05, 0) is 77.7 Å². The summed E-state index contributed by atoms with van der Waals surface area (Å²) in [5, 5.41) is 13.4. The Morgan fingerprint density at radius 3 is 2.79 bits per heavy atom. The van der Waals surface area contributed by atoms with Crippen LogP contribution in [0.3, 0.4) is 0 Å². The molecule has 0 spiro atoms. The van der Waals surface area contributed by atoms with E-state index in [1.54, 1.807) is 23.9 Å². The van der Waals surface area contributed by atoms with E-state index in [0.717, 1.165) is 48.1 Å². The number of halogens is 1. The molecule has 9 heteroatoms. The number of hydrogen-bond acceptors (Lipinski definition) is 6. The summed E-state index contributed by atoms with van der Waals surface area (Å²) in [7, 11) is 1.62. The number of rotatable bonds is 6. The van der Waals surface area contributed by atoms with Crippen LogP contribution in [0.5, 0.6) is 5.75 Å².